The molecule has 0 saturated carbocycles. The highest BCUT2D eigenvalue weighted by atomic mass is 16.1. The molecule has 2 aliphatic rings. The molecule has 0 fully saturated rings. The summed E-state index contributed by atoms with van der Waals surface area (Å²) in [6, 6.07) is 0.268. The van der Waals surface area contributed by atoms with Gasteiger partial charge < -0.3 is 5.73 Å². The Balaban J connectivity index is 2.20. The van der Waals surface area contributed by atoms with Gasteiger partial charge in [-0.25, -0.2) is 0 Å². The fourth-order valence-electron chi connectivity index (χ4n) is 1.76. The lowest BCUT2D eigenvalue weighted by molar-refractivity contribution is -0.114. The van der Waals surface area contributed by atoms with E-state index < -0.39 is 0 Å². The minimum atomic E-state index is -0.0114. The molecule has 1 aliphatic heterocycles. The van der Waals surface area contributed by atoms with Crippen molar-refractivity contribution >= 4 is 12.0 Å². The summed E-state index contributed by atoms with van der Waals surface area (Å²) in [5, 5.41) is 6.06. The zero-order chi connectivity index (χ0) is 10.1. The number of likely N-dealkylation sites (N-methyl/N-ethyl adjacent to an activating group) is 1. The molecule has 2 atom stereocenters. The summed E-state index contributed by atoms with van der Waals surface area (Å²) in [4.78, 5) is 11.3. The Hall–Kier alpha value is -1.42. The quantitative estimate of drug-likeness (QED) is 0.664. The average molecular weight is 191 g/mol. The number of fused-ring (bicyclic) bond motifs is 1. The fraction of sp³-hybridized carbons (Fsp3) is 0.400. The van der Waals surface area contributed by atoms with Gasteiger partial charge in [-0.2, -0.15) is 5.10 Å². The number of nitrogens with two attached hydrogens (primary N) is 1. The maximum atomic E-state index is 11.3. The van der Waals surface area contributed by atoms with Crippen LogP contribution in [0.15, 0.2) is 28.9 Å². The maximum absolute atomic E-state index is 11.3. The van der Waals surface area contributed by atoms with Crippen LogP contribution in [-0.2, 0) is 4.79 Å². The highest BCUT2D eigenvalue weighted by Crippen LogP contribution is 2.24. The van der Waals surface area contributed by atoms with Crippen molar-refractivity contribution in [2.45, 2.75) is 6.04 Å². The molecular formula is C10H13N3O. The number of hydrazone groups is 1. The minimum absolute atomic E-state index is 0.0114. The Labute approximate surface area is 82.8 Å². The fourth-order valence-corrected chi connectivity index (χ4v) is 1.76. The lowest BCUT2D eigenvalue weighted by atomic mass is 9.91. The van der Waals surface area contributed by atoms with E-state index in [0.29, 0.717) is 5.57 Å². The number of Topliss-reactive ketones (excluding diaryl/α,β-unsaturated/α-hetero) is 1. The molecule has 2 unspecified atom stereocenters. The van der Waals surface area contributed by atoms with Crippen molar-refractivity contribution < 1.29 is 4.79 Å². The summed E-state index contributed by atoms with van der Waals surface area (Å²) in [6.07, 6.45) is 7.63. The second-order valence-electron chi connectivity index (χ2n) is 3.51. The van der Waals surface area contributed by atoms with E-state index in [4.69, 9.17) is 5.73 Å². The summed E-state index contributed by atoms with van der Waals surface area (Å²) < 4.78 is 0. The molecule has 4 nitrogen and oxygen atoms in total. The second-order valence-corrected chi connectivity index (χ2v) is 3.51. The third-order valence-corrected chi connectivity index (χ3v) is 2.60. The molecule has 0 radical (unpaired) electrons. The largest absolute Gasteiger partial charge is 0.324 e. The normalized spacial score (nSPS) is 29.0. The summed E-state index contributed by atoms with van der Waals surface area (Å²) >= 11 is 0. The van der Waals surface area contributed by atoms with Gasteiger partial charge >= 0.3 is 0 Å². The number of ketones is 1. The van der Waals surface area contributed by atoms with Crippen LogP contribution in [0.25, 0.3) is 0 Å². The summed E-state index contributed by atoms with van der Waals surface area (Å²) in [5.74, 6) is 0.207. The highest BCUT2D eigenvalue weighted by molar-refractivity contribution is 6.00. The minimum Gasteiger partial charge on any atom is -0.324 e. The Kier molecular flexibility index (Phi) is 2.21. The van der Waals surface area contributed by atoms with Gasteiger partial charge in [0.1, 0.15) is 0 Å². The number of hydrogen-bond donors (Lipinski definition) is 1. The van der Waals surface area contributed by atoms with Gasteiger partial charge in [0, 0.05) is 24.8 Å². The van der Waals surface area contributed by atoms with Crippen LogP contribution in [0.1, 0.15) is 0 Å². The molecular weight excluding hydrogens is 178 g/mol. The topological polar surface area (TPSA) is 58.7 Å². The molecule has 2 rings (SSSR count). The van der Waals surface area contributed by atoms with Crippen molar-refractivity contribution in [2.75, 3.05) is 13.6 Å². The average Bonchev–Trinajstić information content (AvgIpc) is 2.59. The van der Waals surface area contributed by atoms with E-state index >= 15 is 0 Å². The van der Waals surface area contributed by atoms with Crippen LogP contribution in [0.2, 0.25) is 0 Å². The van der Waals surface area contributed by atoms with Gasteiger partial charge in [-0.05, 0) is 0 Å². The van der Waals surface area contributed by atoms with Crippen LogP contribution in [-0.4, -0.2) is 36.6 Å². The summed E-state index contributed by atoms with van der Waals surface area (Å²) in [6.45, 7) is 0.0700. The third-order valence-electron chi connectivity index (χ3n) is 2.60. The maximum Gasteiger partial charge on any atom is 0.176 e. The van der Waals surface area contributed by atoms with Gasteiger partial charge in [0.05, 0.1) is 12.6 Å². The molecule has 0 aromatic carbocycles. The van der Waals surface area contributed by atoms with Crippen LogP contribution in [0.5, 0.6) is 0 Å². The molecule has 0 saturated heterocycles. The first kappa shape index (κ1) is 9.15. The molecule has 1 heterocycles. The summed E-state index contributed by atoms with van der Waals surface area (Å²) in [5.41, 5.74) is 6.00. The van der Waals surface area contributed by atoms with E-state index in [1.807, 2.05) is 36.5 Å². The number of rotatable bonds is 2. The molecule has 74 valence electrons. The van der Waals surface area contributed by atoms with Gasteiger partial charge in [0.2, 0.25) is 0 Å². The van der Waals surface area contributed by atoms with Gasteiger partial charge in [-0.3, -0.25) is 9.80 Å². The molecule has 2 N–H and O–H groups in total. The second kappa shape index (κ2) is 3.38. The van der Waals surface area contributed by atoms with Crippen LogP contribution >= 0.6 is 0 Å². The molecule has 1 aliphatic carbocycles. The summed E-state index contributed by atoms with van der Waals surface area (Å²) in [7, 11) is 1.93. The van der Waals surface area contributed by atoms with Crippen molar-refractivity contribution in [1.82, 2.24) is 5.01 Å². The Morgan fingerprint density at radius 3 is 3.21 bits per heavy atom. The highest BCUT2D eigenvalue weighted by Gasteiger charge is 2.28. The SMILES string of the molecule is CN1N=CC2C=C(C(=O)CN)C=CC21. The lowest BCUT2D eigenvalue weighted by Gasteiger charge is -2.22. The van der Waals surface area contributed by atoms with Crippen molar-refractivity contribution in [3.63, 3.8) is 0 Å². The van der Waals surface area contributed by atoms with E-state index in [9.17, 15) is 4.79 Å². The van der Waals surface area contributed by atoms with Gasteiger partial charge in [-0.1, -0.05) is 18.2 Å². The first-order valence-corrected chi connectivity index (χ1v) is 4.62. The van der Waals surface area contributed by atoms with Crippen molar-refractivity contribution in [3.05, 3.63) is 23.8 Å². The zero-order valence-electron chi connectivity index (χ0n) is 8.05. The first-order valence-electron chi connectivity index (χ1n) is 4.62. The number of nitrogens with zero attached hydrogens (tertiary/aromatic N) is 2. The van der Waals surface area contributed by atoms with Crippen LogP contribution in [0, 0.1) is 5.92 Å². The van der Waals surface area contributed by atoms with E-state index in [-0.39, 0.29) is 24.3 Å². The van der Waals surface area contributed by atoms with E-state index in [0.717, 1.165) is 0 Å². The number of hydrogen-bond acceptors (Lipinski definition) is 4. The van der Waals surface area contributed by atoms with Crippen LogP contribution < -0.4 is 5.73 Å². The number of carbonyl (C=O) groups is 1. The van der Waals surface area contributed by atoms with Gasteiger partial charge in [0.25, 0.3) is 0 Å². The predicted octanol–water partition coefficient (Wildman–Crippen LogP) is -0.0736. The first-order chi connectivity index (χ1) is 6.72. The standard InChI is InChI=1S/C10H13N3O/c1-13-9-3-2-7(10(14)5-11)4-8(9)6-12-13/h2-4,6,8-9H,5,11H2,1H3. The molecule has 14 heavy (non-hydrogen) atoms. The Morgan fingerprint density at radius 2 is 2.50 bits per heavy atom. The van der Waals surface area contributed by atoms with E-state index in [1.54, 1.807) is 0 Å². The number of allylic oxidation sites excluding steroid dienone is 1. The number of carbonyl (C=O) groups excluding carboxylic acids is 1. The molecule has 0 aromatic rings. The predicted molar refractivity (Wildman–Crippen MR) is 54.8 cm³/mol. The van der Waals surface area contributed by atoms with Crippen molar-refractivity contribution in [1.29, 1.82) is 0 Å². The molecule has 0 spiro atoms. The van der Waals surface area contributed by atoms with Gasteiger partial charge in [0.15, 0.2) is 5.78 Å². The molecule has 0 aromatic heterocycles. The van der Waals surface area contributed by atoms with Crippen LogP contribution in [0.3, 0.4) is 0 Å². The molecule has 0 amide bonds. The zero-order valence-corrected chi connectivity index (χ0v) is 8.05. The van der Waals surface area contributed by atoms with Crippen LogP contribution in [0.4, 0.5) is 0 Å². The van der Waals surface area contributed by atoms with E-state index in [1.165, 1.54) is 0 Å². The smallest absolute Gasteiger partial charge is 0.176 e. The lowest BCUT2D eigenvalue weighted by Crippen LogP contribution is -2.29. The van der Waals surface area contributed by atoms with E-state index in [2.05, 4.69) is 5.10 Å². The van der Waals surface area contributed by atoms with Gasteiger partial charge in [-0.15, -0.1) is 0 Å². The van der Waals surface area contributed by atoms with Crippen molar-refractivity contribution in [3.8, 4) is 0 Å². The third kappa shape index (κ3) is 1.37. The Morgan fingerprint density at radius 1 is 1.71 bits per heavy atom. The van der Waals surface area contributed by atoms with Crippen molar-refractivity contribution in [2.24, 2.45) is 16.8 Å². The molecule has 0 bridgehead atoms. The molecule has 4 heteroatoms. The monoisotopic (exact) mass is 191 g/mol. The Bertz CT molecular complexity index is 343.